The van der Waals surface area contributed by atoms with E-state index in [0.29, 0.717) is 34.3 Å². The molecule has 0 radical (unpaired) electrons. The molecule has 8 nitrogen and oxygen atoms in total. The number of hydrogen-bond donors (Lipinski definition) is 0. The standard InChI is InChI=1S/C22H19ClN2O6S/c1-3-9-31-20-17(23)10-15(11-18(20)30-4-2)12-19-21(26)24(22(27)32-19)13-14-5-7-16(8-6-14)25(28)29/h3,5-8,10-12H,1,4,9,13H2,2H3/b19-12-. The second-order valence-corrected chi connectivity index (χ2v) is 7.95. The van der Waals surface area contributed by atoms with Gasteiger partial charge in [-0.25, -0.2) is 0 Å². The largest absolute Gasteiger partial charge is 0.490 e. The minimum Gasteiger partial charge on any atom is -0.490 e. The molecular formula is C22H19ClN2O6S. The quantitative estimate of drug-likeness (QED) is 0.206. The molecule has 166 valence electrons. The van der Waals surface area contributed by atoms with Crippen molar-refractivity contribution in [1.29, 1.82) is 0 Å². The molecule has 10 heteroatoms. The Morgan fingerprint density at radius 3 is 2.56 bits per heavy atom. The van der Waals surface area contributed by atoms with Crippen LogP contribution in [0.1, 0.15) is 18.1 Å². The number of non-ortho nitro benzene ring substituents is 1. The normalized spacial score (nSPS) is 14.7. The number of hydrogen-bond acceptors (Lipinski definition) is 7. The highest BCUT2D eigenvalue weighted by atomic mass is 35.5. The Balaban J connectivity index is 1.83. The van der Waals surface area contributed by atoms with Crippen LogP contribution in [0.2, 0.25) is 5.02 Å². The zero-order chi connectivity index (χ0) is 23.3. The highest BCUT2D eigenvalue weighted by Crippen LogP contribution is 2.39. The second-order valence-electron chi connectivity index (χ2n) is 6.55. The molecule has 1 fully saturated rings. The number of carbonyl (C=O) groups is 2. The molecule has 0 atom stereocenters. The van der Waals surface area contributed by atoms with Gasteiger partial charge in [-0.15, -0.1) is 0 Å². The van der Waals surface area contributed by atoms with Gasteiger partial charge in [-0.2, -0.15) is 0 Å². The average molecular weight is 475 g/mol. The van der Waals surface area contributed by atoms with Crippen LogP contribution in [0.4, 0.5) is 10.5 Å². The molecule has 0 bridgehead atoms. The van der Waals surface area contributed by atoms with Crippen LogP contribution in [0.3, 0.4) is 0 Å². The van der Waals surface area contributed by atoms with E-state index in [1.807, 2.05) is 6.92 Å². The van der Waals surface area contributed by atoms with Gasteiger partial charge >= 0.3 is 0 Å². The van der Waals surface area contributed by atoms with Crippen molar-refractivity contribution in [2.24, 2.45) is 0 Å². The first-order chi connectivity index (χ1) is 15.3. The van der Waals surface area contributed by atoms with Gasteiger partial charge < -0.3 is 9.47 Å². The number of thioether (sulfide) groups is 1. The van der Waals surface area contributed by atoms with E-state index in [0.717, 1.165) is 16.7 Å². The number of ether oxygens (including phenoxy) is 2. The zero-order valence-corrected chi connectivity index (χ0v) is 18.6. The number of nitro benzene ring substituents is 1. The number of rotatable bonds is 9. The van der Waals surface area contributed by atoms with Crippen molar-refractivity contribution in [1.82, 2.24) is 4.90 Å². The molecule has 32 heavy (non-hydrogen) atoms. The molecule has 1 aliphatic heterocycles. The van der Waals surface area contributed by atoms with E-state index in [4.69, 9.17) is 21.1 Å². The molecule has 1 heterocycles. The molecule has 2 aromatic carbocycles. The predicted octanol–water partition coefficient (Wildman–Crippen LogP) is 5.45. The second kappa shape index (κ2) is 10.3. The molecule has 2 aromatic rings. The van der Waals surface area contributed by atoms with Gasteiger partial charge in [-0.3, -0.25) is 24.6 Å². The summed E-state index contributed by atoms with van der Waals surface area (Å²) in [5.74, 6) is 0.328. The van der Waals surface area contributed by atoms with E-state index >= 15 is 0 Å². The molecule has 1 saturated heterocycles. The fourth-order valence-corrected chi connectivity index (χ4v) is 4.02. The lowest BCUT2D eigenvalue weighted by atomic mass is 10.1. The number of imide groups is 1. The van der Waals surface area contributed by atoms with E-state index in [1.165, 1.54) is 24.3 Å². The van der Waals surface area contributed by atoms with Crippen LogP contribution in [0.25, 0.3) is 6.08 Å². The van der Waals surface area contributed by atoms with Crippen LogP contribution in [-0.4, -0.2) is 34.2 Å². The lowest BCUT2D eigenvalue weighted by molar-refractivity contribution is -0.384. The van der Waals surface area contributed by atoms with E-state index < -0.39 is 16.1 Å². The Morgan fingerprint density at radius 1 is 1.22 bits per heavy atom. The lowest BCUT2D eigenvalue weighted by Crippen LogP contribution is -2.27. The van der Waals surface area contributed by atoms with Crippen molar-refractivity contribution in [3.05, 3.63) is 80.2 Å². The van der Waals surface area contributed by atoms with Gasteiger partial charge in [-0.1, -0.05) is 36.4 Å². The van der Waals surface area contributed by atoms with Crippen LogP contribution in [0.5, 0.6) is 11.5 Å². The summed E-state index contributed by atoms with van der Waals surface area (Å²) in [5.41, 5.74) is 1.11. The number of nitro groups is 1. The van der Waals surface area contributed by atoms with Gasteiger partial charge in [0.25, 0.3) is 16.8 Å². The number of benzene rings is 2. The van der Waals surface area contributed by atoms with Gasteiger partial charge in [0.2, 0.25) is 0 Å². The average Bonchev–Trinajstić information content (AvgIpc) is 3.01. The Bertz CT molecular complexity index is 1100. The van der Waals surface area contributed by atoms with Gasteiger partial charge in [0.15, 0.2) is 11.5 Å². The summed E-state index contributed by atoms with van der Waals surface area (Å²) in [7, 11) is 0. The molecule has 3 rings (SSSR count). The fraction of sp³-hybridized carbons (Fsp3) is 0.182. The van der Waals surface area contributed by atoms with E-state index in [9.17, 15) is 19.7 Å². The monoisotopic (exact) mass is 474 g/mol. The summed E-state index contributed by atoms with van der Waals surface area (Å²) >= 11 is 7.15. The number of nitrogens with zero attached hydrogens (tertiary/aromatic N) is 2. The van der Waals surface area contributed by atoms with Crippen molar-refractivity contribution >= 4 is 46.3 Å². The molecule has 2 amide bonds. The van der Waals surface area contributed by atoms with Crippen LogP contribution in [-0.2, 0) is 11.3 Å². The third-order valence-electron chi connectivity index (χ3n) is 4.34. The number of carbonyl (C=O) groups excluding carboxylic acids is 2. The molecule has 0 aromatic heterocycles. The van der Waals surface area contributed by atoms with E-state index in [-0.39, 0.29) is 23.7 Å². The molecule has 0 saturated carbocycles. The zero-order valence-electron chi connectivity index (χ0n) is 17.1. The summed E-state index contributed by atoms with van der Waals surface area (Å²) < 4.78 is 11.2. The molecule has 1 aliphatic rings. The van der Waals surface area contributed by atoms with Crippen molar-refractivity contribution in [3.8, 4) is 11.5 Å². The van der Waals surface area contributed by atoms with Crippen LogP contribution in [0, 0.1) is 10.1 Å². The first kappa shape index (κ1) is 23.4. The van der Waals surface area contributed by atoms with Gasteiger partial charge in [0.1, 0.15) is 6.61 Å². The summed E-state index contributed by atoms with van der Waals surface area (Å²) in [6, 6.07) is 8.99. The Kier molecular flexibility index (Phi) is 7.55. The fourth-order valence-electron chi connectivity index (χ4n) is 2.91. The van der Waals surface area contributed by atoms with E-state index in [1.54, 1.807) is 24.3 Å². The summed E-state index contributed by atoms with van der Waals surface area (Å²) in [6.45, 7) is 6.08. The van der Waals surface area contributed by atoms with E-state index in [2.05, 4.69) is 6.58 Å². The van der Waals surface area contributed by atoms with Crippen molar-refractivity contribution in [2.75, 3.05) is 13.2 Å². The Labute approximate surface area is 193 Å². The van der Waals surface area contributed by atoms with Crippen LogP contribution >= 0.6 is 23.4 Å². The Hall–Kier alpha value is -3.30. The first-order valence-electron chi connectivity index (χ1n) is 9.52. The number of amides is 2. The third kappa shape index (κ3) is 5.30. The maximum absolute atomic E-state index is 12.8. The summed E-state index contributed by atoms with van der Waals surface area (Å²) in [5, 5.41) is 10.7. The SMILES string of the molecule is C=CCOc1c(Cl)cc(/C=C2\SC(=O)N(Cc3ccc([N+](=O)[O-])cc3)C2=O)cc1OCC. The first-order valence-corrected chi connectivity index (χ1v) is 10.7. The third-order valence-corrected chi connectivity index (χ3v) is 5.52. The Morgan fingerprint density at radius 2 is 1.94 bits per heavy atom. The summed E-state index contributed by atoms with van der Waals surface area (Å²) in [4.78, 5) is 36.8. The lowest BCUT2D eigenvalue weighted by Gasteiger charge is -2.14. The van der Waals surface area contributed by atoms with Crippen molar-refractivity contribution in [3.63, 3.8) is 0 Å². The van der Waals surface area contributed by atoms with Crippen molar-refractivity contribution in [2.45, 2.75) is 13.5 Å². The maximum atomic E-state index is 12.8. The summed E-state index contributed by atoms with van der Waals surface area (Å²) in [6.07, 6.45) is 3.15. The molecule has 0 unspecified atom stereocenters. The molecule has 0 aliphatic carbocycles. The highest BCUT2D eigenvalue weighted by molar-refractivity contribution is 8.18. The maximum Gasteiger partial charge on any atom is 0.293 e. The minimum absolute atomic E-state index is 0.0132. The highest BCUT2D eigenvalue weighted by Gasteiger charge is 2.35. The van der Waals surface area contributed by atoms with Gasteiger partial charge in [-0.05, 0) is 48.0 Å². The minimum atomic E-state index is -0.512. The smallest absolute Gasteiger partial charge is 0.293 e. The van der Waals surface area contributed by atoms with Crippen molar-refractivity contribution < 1.29 is 24.0 Å². The van der Waals surface area contributed by atoms with Crippen LogP contribution in [0.15, 0.2) is 54.0 Å². The molecule has 0 spiro atoms. The van der Waals surface area contributed by atoms with Gasteiger partial charge in [0.05, 0.1) is 28.0 Å². The topological polar surface area (TPSA) is 99.0 Å². The molecular weight excluding hydrogens is 456 g/mol. The number of halogens is 1. The molecule has 0 N–H and O–H groups in total. The van der Waals surface area contributed by atoms with Crippen LogP contribution < -0.4 is 9.47 Å². The predicted molar refractivity (Wildman–Crippen MR) is 123 cm³/mol. The van der Waals surface area contributed by atoms with Gasteiger partial charge in [0, 0.05) is 12.1 Å².